The number of nitrogens with one attached hydrogen (secondary N) is 1. The van der Waals surface area contributed by atoms with Crippen LogP contribution in [0.2, 0.25) is 10.0 Å². The Bertz CT molecular complexity index is 1210. The maximum Gasteiger partial charge on any atom is 0.338 e. The number of rotatable bonds is 8. The van der Waals surface area contributed by atoms with E-state index in [1.807, 2.05) is 13.8 Å². The third kappa shape index (κ3) is 7.20. The first-order chi connectivity index (χ1) is 17.2. The van der Waals surface area contributed by atoms with Gasteiger partial charge in [-0.05, 0) is 93.7 Å². The maximum atomic E-state index is 12.9. The molecule has 0 unspecified atom stereocenters. The average molecular weight is 545 g/mol. The maximum absolute atomic E-state index is 12.9. The van der Waals surface area contributed by atoms with Crippen LogP contribution in [0.3, 0.4) is 0 Å². The van der Waals surface area contributed by atoms with Crippen LogP contribution in [0.25, 0.3) is 0 Å². The van der Waals surface area contributed by atoms with Crippen LogP contribution in [0.1, 0.15) is 47.1 Å². The predicted octanol–water partition coefficient (Wildman–Crippen LogP) is 6.68. The van der Waals surface area contributed by atoms with Crippen LogP contribution >= 0.6 is 35.4 Å². The fourth-order valence-corrected chi connectivity index (χ4v) is 4.09. The number of hydrogen-bond acceptors (Lipinski definition) is 5. The summed E-state index contributed by atoms with van der Waals surface area (Å²) in [6, 6.07) is 18.7. The molecule has 0 atom stereocenters. The van der Waals surface area contributed by atoms with Crippen LogP contribution in [0, 0.1) is 0 Å². The molecule has 0 heterocycles. The van der Waals surface area contributed by atoms with Gasteiger partial charge < -0.3 is 14.4 Å². The molecule has 9 heteroatoms. The predicted molar refractivity (Wildman–Crippen MR) is 147 cm³/mol. The topological polar surface area (TPSA) is 67.9 Å². The van der Waals surface area contributed by atoms with Crippen LogP contribution < -0.4 is 15.0 Å². The standard InChI is InChI=1S/C27H26Cl2N2O4S/c1-4-34-26(33)19-8-12-20(13-9-19)31(16-22-23(28)6-5-7-24(22)29)27(36)30-25(32)18-10-14-21(15-11-18)35-17(2)3/h5-15,17H,4,16H2,1-3H3,(H,30,32,36). The molecule has 0 aromatic heterocycles. The van der Waals surface area contributed by atoms with Crippen molar-refractivity contribution in [3.05, 3.63) is 93.5 Å². The van der Waals surface area contributed by atoms with Gasteiger partial charge in [-0.15, -0.1) is 0 Å². The second kappa shape index (κ2) is 12.7. The Hall–Kier alpha value is -3.13. The van der Waals surface area contributed by atoms with Gasteiger partial charge in [-0.25, -0.2) is 4.79 Å². The molecule has 188 valence electrons. The van der Waals surface area contributed by atoms with Crippen molar-refractivity contribution in [2.45, 2.75) is 33.4 Å². The van der Waals surface area contributed by atoms with Crippen LogP contribution in [0.15, 0.2) is 66.7 Å². The van der Waals surface area contributed by atoms with E-state index in [9.17, 15) is 9.59 Å². The fraction of sp³-hybridized carbons (Fsp3) is 0.222. The van der Waals surface area contributed by atoms with Gasteiger partial charge in [0, 0.05) is 26.9 Å². The van der Waals surface area contributed by atoms with Crippen molar-refractivity contribution >= 4 is 58.1 Å². The van der Waals surface area contributed by atoms with E-state index < -0.39 is 5.97 Å². The molecular weight excluding hydrogens is 519 g/mol. The molecule has 0 fully saturated rings. The molecule has 0 aliphatic heterocycles. The highest BCUT2D eigenvalue weighted by Gasteiger charge is 2.20. The van der Waals surface area contributed by atoms with Gasteiger partial charge >= 0.3 is 5.97 Å². The van der Waals surface area contributed by atoms with E-state index in [2.05, 4.69) is 5.32 Å². The van der Waals surface area contributed by atoms with E-state index in [0.29, 0.717) is 38.2 Å². The number of nitrogens with zero attached hydrogens (tertiary/aromatic N) is 1. The van der Waals surface area contributed by atoms with Gasteiger partial charge in [0.25, 0.3) is 5.91 Å². The third-order valence-electron chi connectivity index (χ3n) is 5.02. The summed E-state index contributed by atoms with van der Waals surface area (Å²) in [6.07, 6.45) is 0.0256. The number of esters is 1. The molecule has 1 N–H and O–H groups in total. The number of anilines is 1. The highest BCUT2D eigenvalue weighted by Crippen LogP contribution is 2.28. The van der Waals surface area contributed by atoms with Gasteiger partial charge in [0.05, 0.1) is 24.8 Å². The third-order valence-corrected chi connectivity index (χ3v) is 6.05. The zero-order valence-electron chi connectivity index (χ0n) is 20.1. The Balaban J connectivity index is 1.86. The van der Waals surface area contributed by atoms with Gasteiger partial charge in [0.15, 0.2) is 5.11 Å². The SMILES string of the molecule is CCOC(=O)c1ccc(N(Cc2c(Cl)cccc2Cl)C(=S)NC(=O)c2ccc(OC(C)C)cc2)cc1. The normalized spacial score (nSPS) is 10.6. The quantitative estimate of drug-likeness (QED) is 0.252. The first-order valence-corrected chi connectivity index (χ1v) is 12.5. The number of halogens is 2. The Kier molecular flexibility index (Phi) is 9.70. The fourth-order valence-electron chi connectivity index (χ4n) is 3.31. The average Bonchev–Trinajstić information content (AvgIpc) is 2.84. The zero-order valence-corrected chi connectivity index (χ0v) is 22.4. The van der Waals surface area contributed by atoms with Gasteiger partial charge in [-0.1, -0.05) is 29.3 Å². The second-order valence-electron chi connectivity index (χ2n) is 8.00. The molecule has 0 radical (unpaired) electrons. The Labute approximate surface area is 226 Å². The van der Waals surface area contributed by atoms with Crippen molar-refractivity contribution in [1.29, 1.82) is 0 Å². The molecule has 0 aliphatic carbocycles. The summed E-state index contributed by atoms with van der Waals surface area (Å²) in [5.74, 6) is -0.138. The Morgan fingerprint density at radius 3 is 2.08 bits per heavy atom. The summed E-state index contributed by atoms with van der Waals surface area (Å²) in [6.45, 7) is 6.07. The molecule has 3 aromatic carbocycles. The van der Waals surface area contributed by atoms with Crippen molar-refractivity contribution in [3.8, 4) is 5.75 Å². The summed E-state index contributed by atoms with van der Waals surface area (Å²) in [4.78, 5) is 26.7. The van der Waals surface area contributed by atoms with E-state index in [1.54, 1.807) is 78.6 Å². The van der Waals surface area contributed by atoms with Gasteiger partial charge in [-0.3, -0.25) is 10.1 Å². The molecule has 1 amide bonds. The van der Waals surface area contributed by atoms with Crippen LogP contribution in [0.4, 0.5) is 5.69 Å². The number of carbonyl (C=O) groups excluding carboxylic acids is 2. The van der Waals surface area contributed by atoms with Crippen molar-refractivity contribution in [2.75, 3.05) is 11.5 Å². The van der Waals surface area contributed by atoms with Crippen molar-refractivity contribution in [2.24, 2.45) is 0 Å². The lowest BCUT2D eigenvalue weighted by Crippen LogP contribution is -2.42. The Morgan fingerprint density at radius 2 is 1.53 bits per heavy atom. The second-order valence-corrected chi connectivity index (χ2v) is 9.21. The number of amides is 1. The lowest BCUT2D eigenvalue weighted by molar-refractivity contribution is 0.0526. The van der Waals surface area contributed by atoms with Gasteiger partial charge in [0.1, 0.15) is 5.75 Å². The lowest BCUT2D eigenvalue weighted by atomic mass is 10.1. The number of carbonyl (C=O) groups is 2. The van der Waals surface area contributed by atoms with Crippen LogP contribution in [-0.2, 0) is 11.3 Å². The molecular formula is C27H26Cl2N2O4S. The largest absolute Gasteiger partial charge is 0.491 e. The summed E-state index contributed by atoms with van der Waals surface area (Å²) >= 11 is 18.4. The molecule has 0 aliphatic rings. The van der Waals surface area contributed by atoms with E-state index in [1.165, 1.54) is 0 Å². The number of thiocarbonyl (C=S) groups is 1. The van der Waals surface area contributed by atoms with Crippen LogP contribution in [0.5, 0.6) is 5.75 Å². The molecule has 3 rings (SSSR count). The number of ether oxygens (including phenoxy) is 2. The minimum atomic E-state index is -0.425. The van der Waals surface area contributed by atoms with E-state index in [4.69, 9.17) is 44.9 Å². The van der Waals surface area contributed by atoms with E-state index in [-0.39, 0.29) is 30.3 Å². The molecule has 0 saturated heterocycles. The minimum Gasteiger partial charge on any atom is -0.491 e. The van der Waals surface area contributed by atoms with Gasteiger partial charge in [-0.2, -0.15) is 0 Å². The van der Waals surface area contributed by atoms with Crippen molar-refractivity contribution in [3.63, 3.8) is 0 Å². The number of hydrogen-bond donors (Lipinski definition) is 1. The summed E-state index contributed by atoms with van der Waals surface area (Å²) in [5.41, 5.74) is 2.09. The summed E-state index contributed by atoms with van der Waals surface area (Å²) in [5, 5.41) is 3.84. The molecule has 6 nitrogen and oxygen atoms in total. The van der Waals surface area contributed by atoms with E-state index in [0.717, 1.165) is 0 Å². The molecule has 36 heavy (non-hydrogen) atoms. The smallest absolute Gasteiger partial charge is 0.338 e. The summed E-state index contributed by atoms with van der Waals surface area (Å²) < 4.78 is 10.7. The minimum absolute atomic E-state index is 0.0256. The van der Waals surface area contributed by atoms with Crippen LogP contribution in [-0.4, -0.2) is 29.7 Å². The highest BCUT2D eigenvalue weighted by atomic mass is 35.5. The number of benzene rings is 3. The van der Waals surface area contributed by atoms with Crippen molar-refractivity contribution in [1.82, 2.24) is 5.32 Å². The molecule has 0 spiro atoms. The van der Waals surface area contributed by atoms with Crippen molar-refractivity contribution < 1.29 is 19.1 Å². The highest BCUT2D eigenvalue weighted by molar-refractivity contribution is 7.80. The first-order valence-electron chi connectivity index (χ1n) is 11.3. The Morgan fingerprint density at radius 1 is 0.944 bits per heavy atom. The zero-order chi connectivity index (χ0) is 26.2. The monoisotopic (exact) mass is 544 g/mol. The molecule has 0 bridgehead atoms. The molecule has 0 saturated carbocycles. The van der Waals surface area contributed by atoms with E-state index >= 15 is 0 Å². The molecule has 3 aromatic rings. The lowest BCUT2D eigenvalue weighted by Gasteiger charge is -2.26. The summed E-state index contributed by atoms with van der Waals surface area (Å²) in [7, 11) is 0. The first kappa shape index (κ1) is 27.5. The van der Waals surface area contributed by atoms with Gasteiger partial charge in [0.2, 0.25) is 0 Å².